The molecule has 1 saturated carbocycles. The molecule has 5 atom stereocenters. The summed E-state index contributed by atoms with van der Waals surface area (Å²) in [7, 11) is -3.87. The van der Waals surface area contributed by atoms with Crippen molar-refractivity contribution >= 4 is 33.2 Å². The number of benzene rings is 2. The van der Waals surface area contributed by atoms with E-state index >= 15 is 0 Å². The third kappa shape index (κ3) is 5.92. The fraction of sp³-hybridized carbons (Fsp3) is 0.469. The highest BCUT2D eigenvalue weighted by Crippen LogP contribution is 2.46. The van der Waals surface area contributed by atoms with E-state index in [1.54, 1.807) is 31.2 Å². The quantitative estimate of drug-likeness (QED) is 0.375. The number of aliphatic hydroxyl groups excluding tert-OH is 1. The number of amides is 1. The maximum absolute atomic E-state index is 13.2. The minimum absolute atomic E-state index is 0.122. The lowest BCUT2D eigenvalue weighted by atomic mass is 9.68. The van der Waals surface area contributed by atoms with Crippen LogP contribution in [0.3, 0.4) is 0 Å². The molecule has 2 aromatic rings. The van der Waals surface area contributed by atoms with Crippen LogP contribution in [-0.2, 0) is 21.9 Å². The molecule has 41 heavy (non-hydrogen) atoms. The molecule has 1 spiro atoms. The number of nitrogens with one attached hydrogen (secondary N) is 1. The standard InChI is InChI=1S/C32H39ClN2O5S/c1-4-7-21(3)41(38,39)34-31(37)23-10-14-30-28(17-23)35(18-24-9-12-26(24)29(36)5-2)19-32(20-40-30)15-6-8-22-16-25(33)11-13-27(22)32/h4-5,10-11,13-14,16-17,21,24,26,29,36H,1-2,6-9,12,15,18-20H2,3H3,(H,34,37)/t21-,24+,26-,29+,32+/m1/s1. The first-order valence-corrected chi connectivity index (χ1v) is 16.3. The Morgan fingerprint density at radius 2 is 2.07 bits per heavy atom. The zero-order valence-electron chi connectivity index (χ0n) is 23.5. The monoisotopic (exact) mass is 598 g/mol. The second-order valence-corrected chi connectivity index (χ2v) is 14.4. The van der Waals surface area contributed by atoms with Gasteiger partial charge in [0.25, 0.3) is 5.91 Å². The molecule has 0 radical (unpaired) electrons. The number of nitrogens with zero attached hydrogens (tertiary/aromatic N) is 1. The lowest BCUT2D eigenvalue weighted by Gasteiger charge is -2.45. The molecule has 0 saturated heterocycles. The number of carbonyl (C=O) groups is 1. The Morgan fingerprint density at radius 3 is 2.78 bits per heavy atom. The minimum atomic E-state index is -3.87. The van der Waals surface area contributed by atoms with Crippen LogP contribution in [-0.4, -0.2) is 50.5 Å². The molecule has 5 rings (SSSR count). The van der Waals surface area contributed by atoms with E-state index in [0.717, 1.165) is 42.8 Å². The number of ether oxygens (including phenoxy) is 1. The highest BCUT2D eigenvalue weighted by atomic mass is 35.5. The molecule has 1 fully saturated rings. The van der Waals surface area contributed by atoms with Crippen LogP contribution in [0.2, 0.25) is 5.02 Å². The summed E-state index contributed by atoms with van der Waals surface area (Å²) in [6, 6.07) is 11.2. The Morgan fingerprint density at radius 1 is 1.27 bits per heavy atom. The average Bonchev–Trinajstić information content (AvgIpc) is 3.07. The number of carbonyl (C=O) groups excluding carboxylic acids is 1. The van der Waals surface area contributed by atoms with Gasteiger partial charge >= 0.3 is 0 Å². The summed E-state index contributed by atoms with van der Waals surface area (Å²) >= 11 is 6.36. The molecular weight excluding hydrogens is 560 g/mol. The van der Waals surface area contributed by atoms with Gasteiger partial charge in [-0.15, -0.1) is 13.2 Å². The van der Waals surface area contributed by atoms with E-state index in [9.17, 15) is 18.3 Å². The number of aliphatic hydroxyl groups is 1. The first-order chi connectivity index (χ1) is 19.6. The number of sulfonamides is 1. The summed E-state index contributed by atoms with van der Waals surface area (Å²) < 4.78 is 34.2. The first kappa shape index (κ1) is 29.7. The molecular formula is C32H39ClN2O5S. The van der Waals surface area contributed by atoms with Crippen molar-refractivity contribution in [2.45, 2.75) is 62.2 Å². The van der Waals surface area contributed by atoms with E-state index in [4.69, 9.17) is 16.3 Å². The Balaban J connectivity index is 1.50. The third-order valence-corrected chi connectivity index (χ3v) is 11.1. The first-order valence-electron chi connectivity index (χ1n) is 14.3. The molecule has 0 unspecified atom stereocenters. The van der Waals surface area contributed by atoms with Crippen molar-refractivity contribution in [3.05, 3.63) is 83.4 Å². The van der Waals surface area contributed by atoms with Gasteiger partial charge in [0.15, 0.2) is 0 Å². The smallest absolute Gasteiger partial charge is 0.264 e. The predicted molar refractivity (Wildman–Crippen MR) is 163 cm³/mol. The second kappa shape index (κ2) is 11.8. The van der Waals surface area contributed by atoms with E-state index in [2.05, 4.69) is 34.9 Å². The number of rotatable bonds is 9. The van der Waals surface area contributed by atoms with E-state index in [-0.39, 0.29) is 29.2 Å². The average molecular weight is 599 g/mol. The van der Waals surface area contributed by atoms with Gasteiger partial charge in [-0.25, -0.2) is 13.1 Å². The number of aryl methyl sites for hydroxylation is 1. The maximum atomic E-state index is 13.2. The van der Waals surface area contributed by atoms with Gasteiger partial charge in [0.05, 0.1) is 23.6 Å². The Hall–Kier alpha value is -2.81. The van der Waals surface area contributed by atoms with Crippen molar-refractivity contribution < 1.29 is 23.1 Å². The number of halogens is 1. The van der Waals surface area contributed by atoms with Gasteiger partial charge in [0.1, 0.15) is 5.75 Å². The highest BCUT2D eigenvalue weighted by Gasteiger charge is 2.44. The summed E-state index contributed by atoms with van der Waals surface area (Å²) in [6.07, 6.45) is 7.64. The lowest BCUT2D eigenvalue weighted by molar-refractivity contribution is 0.0460. The van der Waals surface area contributed by atoms with Crippen molar-refractivity contribution in [1.82, 2.24) is 4.72 Å². The van der Waals surface area contributed by atoms with Gasteiger partial charge in [-0.3, -0.25) is 4.79 Å². The van der Waals surface area contributed by atoms with Crippen molar-refractivity contribution in [2.24, 2.45) is 11.8 Å². The van der Waals surface area contributed by atoms with Crippen LogP contribution in [0.1, 0.15) is 60.5 Å². The molecule has 2 aromatic carbocycles. The topological polar surface area (TPSA) is 95.9 Å². The lowest BCUT2D eigenvalue weighted by Crippen LogP contribution is -2.49. The van der Waals surface area contributed by atoms with Gasteiger partial charge < -0.3 is 14.7 Å². The number of anilines is 1. The van der Waals surface area contributed by atoms with Crippen LogP contribution < -0.4 is 14.4 Å². The van der Waals surface area contributed by atoms with Gasteiger partial charge in [0, 0.05) is 29.1 Å². The Kier molecular flexibility index (Phi) is 8.56. The summed E-state index contributed by atoms with van der Waals surface area (Å²) in [5.41, 5.74) is 3.20. The minimum Gasteiger partial charge on any atom is -0.490 e. The normalized spacial score (nSPS) is 25.0. The molecule has 3 aliphatic rings. The van der Waals surface area contributed by atoms with Gasteiger partial charge in [-0.05, 0) is 98.7 Å². The van der Waals surface area contributed by atoms with Crippen LogP contribution in [0.4, 0.5) is 5.69 Å². The Labute approximate surface area is 248 Å². The van der Waals surface area contributed by atoms with Crippen molar-refractivity contribution in [1.29, 1.82) is 0 Å². The summed E-state index contributed by atoms with van der Waals surface area (Å²) in [5, 5.41) is 10.5. The van der Waals surface area contributed by atoms with Crippen LogP contribution in [0.5, 0.6) is 5.75 Å². The number of hydrogen-bond donors (Lipinski definition) is 2. The molecule has 2 N–H and O–H groups in total. The number of hydrogen-bond acceptors (Lipinski definition) is 6. The van der Waals surface area contributed by atoms with Gasteiger partial charge in [-0.2, -0.15) is 0 Å². The number of allylic oxidation sites excluding steroid dienone is 1. The van der Waals surface area contributed by atoms with Crippen LogP contribution in [0, 0.1) is 11.8 Å². The van der Waals surface area contributed by atoms with Gasteiger partial charge in [-0.1, -0.05) is 29.8 Å². The highest BCUT2D eigenvalue weighted by molar-refractivity contribution is 7.90. The molecule has 2 aliphatic carbocycles. The van der Waals surface area contributed by atoms with Gasteiger partial charge in [0.2, 0.25) is 10.0 Å². The van der Waals surface area contributed by atoms with E-state index < -0.39 is 27.3 Å². The van der Waals surface area contributed by atoms with Crippen LogP contribution in [0.15, 0.2) is 61.7 Å². The molecule has 1 amide bonds. The zero-order chi connectivity index (χ0) is 29.4. The van der Waals surface area contributed by atoms with Crippen molar-refractivity contribution in [3.8, 4) is 5.75 Å². The SMILES string of the molecule is C=CC[C@@H](C)S(=O)(=O)NC(=O)c1ccc2c(c1)N(C[C@@H]1CC[C@H]1[C@@H](O)C=C)C[C@@]1(CCCc3cc(Cl)ccc31)CO2. The molecule has 0 bridgehead atoms. The van der Waals surface area contributed by atoms with Crippen molar-refractivity contribution in [2.75, 3.05) is 24.6 Å². The van der Waals surface area contributed by atoms with Crippen LogP contribution >= 0.6 is 11.6 Å². The molecule has 1 heterocycles. The number of fused-ring (bicyclic) bond motifs is 3. The largest absolute Gasteiger partial charge is 0.490 e. The zero-order valence-corrected chi connectivity index (χ0v) is 25.1. The van der Waals surface area contributed by atoms with Crippen LogP contribution in [0.25, 0.3) is 0 Å². The Bertz CT molecular complexity index is 1440. The maximum Gasteiger partial charge on any atom is 0.264 e. The van der Waals surface area contributed by atoms with E-state index in [0.29, 0.717) is 25.4 Å². The molecule has 0 aromatic heterocycles. The molecule has 7 nitrogen and oxygen atoms in total. The third-order valence-electron chi connectivity index (χ3n) is 9.17. The van der Waals surface area contributed by atoms with E-state index in [1.807, 2.05) is 6.07 Å². The summed E-state index contributed by atoms with van der Waals surface area (Å²) in [4.78, 5) is 15.5. The molecule has 1 aliphatic heterocycles. The molecule has 9 heteroatoms. The molecule has 220 valence electrons. The predicted octanol–water partition coefficient (Wildman–Crippen LogP) is 5.41. The summed E-state index contributed by atoms with van der Waals surface area (Å²) in [6.45, 7) is 10.8. The second-order valence-electron chi connectivity index (χ2n) is 11.8. The fourth-order valence-electron chi connectivity index (χ4n) is 6.63. The fourth-order valence-corrected chi connectivity index (χ4v) is 7.80. The van der Waals surface area contributed by atoms with E-state index in [1.165, 1.54) is 17.2 Å². The summed E-state index contributed by atoms with van der Waals surface area (Å²) in [5.74, 6) is 0.347. The van der Waals surface area contributed by atoms with Crippen molar-refractivity contribution in [3.63, 3.8) is 0 Å².